The lowest BCUT2D eigenvalue weighted by Gasteiger charge is -2.36. The predicted octanol–water partition coefficient (Wildman–Crippen LogP) is 4.16. The third-order valence-corrected chi connectivity index (χ3v) is 18.5. The van der Waals surface area contributed by atoms with E-state index in [1.54, 1.807) is 41.5 Å². The fourth-order valence-electron chi connectivity index (χ4n) is 11.5. The molecule has 0 aromatic heterocycles. The number of carbonyl (C=O) groups is 12. The van der Waals surface area contributed by atoms with Crippen molar-refractivity contribution >= 4 is 70.4 Å². The molecule has 8 amide bonds. The van der Waals surface area contributed by atoms with Crippen LogP contribution in [0.1, 0.15) is 191 Å². The molecule has 1 saturated heterocycles. The zero-order valence-corrected chi connectivity index (χ0v) is 53.6. The first kappa shape index (κ1) is 74.8. The van der Waals surface area contributed by atoms with Crippen LogP contribution in [-0.2, 0) is 64.0 Å². The Hall–Kier alpha value is -6.42. The number of benzene rings is 1. The van der Waals surface area contributed by atoms with Gasteiger partial charge in [0.15, 0.2) is 23.1 Å². The second-order valence-electron chi connectivity index (χ2n) is 25.0. The van der Waals surface area contributed by atoms with Gasteiger partial charge in [-0.3, -0.25) is 57.5 Å². The van der Waals surface area contributed by atoms with E-state index in [4.69, 9.17) is 5.73 Å². The van der Waals surface area contributed by atoms with Gasteiger partial charge in [0.25, 0.3) is 0 Å². The third kappa shape index (κ3) is 22.3. The molecule has 1 saturated carbocycles. The molecule has 1 aliphatic heterocycles. The number of hydrogen-bond donors (Lipinski definition) is 10. The fourth-order valence-corrected chi connectivity index (χ4v) is 11.5. The van der Waals surface area contributed by atoms with E-state index in [1.807, 2.05) is 51.1 Å². The van der Waals surface area contributed by atoms with E-state index in [9.17, 15) is 67.7 Å². The van der Waals surface area contributed by atoms with E-state index in [-0.39, 0.29) is 30.6 Å². The molecule has 15 atom stereocenters. The molecule has 488 valence electrons. The number of nitrogens with two attached hydrogens (primary N) is 1. The lowest BCUT2D eigenvalue weighted by molar-refractivity contribution is -0.138. The van der Waals surface area contributed by atoms with Crippen LogP contribution in [0.5, 0.6) is 0 Å². The Bertz CT molecular complexity index is 2500. The van der Waals surface area contributed by atoms with Crippen LogP contribution < -0.4 is 43.0 Å². The van der Waals surface area contributed by atoms with Crippen molar-refractivity contribution in [2.24, 2.45) is 59.0 Å². The molecule has 22 heteroatoms. The Morgan fingerprint density at radius 2 is 1.15 bits per heavy atom. The van der Waals surface area contributed by atoms with Crippen molar-refractivity contribution in [1.82, 2.24) is 37.2 Å². The van der Waals surface area contributed by atoms with Gasteiger partial charge in [0, 0.05) is 49.9 Å². The highest BCUT2D eigenvalue weighted by molar-refractivity contribution is 6.00. The van der Waals surface area contributed by atoms with Crippen LogP contribution in [0.2, 0.25) is 0 Å². The van der Waals surface area contributed by atoms with Gasteiger partial charge in [-0.2, -0.15) is 0 Å². The number of aliphatic hydroxyl groups is 2. The smallest absolute Gasteiger partial charge is 0.246 e. The molecule has 0 bridgehead atoms. The molecule has 1 spiro atoms. The molecule has 22 nitrogen and oxygen atoms in total. The van der Waals surface area contributed by atoms with E-state index >= 15 is 0 Å². The zero-order valence-electron chi connectivity index (χ0n) is 53.6. The first-order valence-corrected chi connectivity index (χ1v) is 32.0. The Morgan fingerprint density at radius 1 is 0.621 bits per heavy atom. The van der Waals surface area contributed by atoms with Gasteiger partial charge >= 0.3 is 0 Å². The van der Waals surface area contributed by atoms with Crippen LogP contribution in [0.3, 0.4) is 0 Å². The van der Waals surface area contributed by atoms with Crippen LogP contribution in [0.25, 0.3) is 0 Å². The number of aliphatic hydroxyl groups excluding tert-OH is 2. The number of ketones is 4. The summed E-state index contributed by atoms with van der Waals surface area (Å²) in [7, 11) is 0. The minimum atomic E-state index is -1.47. The van der Waals surface area contributed by atoms with Crippen molar-refractivity contribution in [1.29, 1.82) is 0 Å². The number of amides is 8. The van der Waals surface area contributed by atoms with Gasteiger partial charge in [0.2, 0.25) is 47.3 Å². The number of nitrogens with one attached hydrogen (secondary N) is 7. The molecule has 2 fully saturated rings. The van der Waals surface area contributed by atoms with Gasteiger partial charge < -0.3 is 53.2 Å². The molecule has 3 rings (SSSR count). The highest BCUT2D eigenvalue weighted by atomic mass is 16.3. The maximum Gasteiger partial charge on any atom is 0.246 e. The molecule has 1 heterocycles. The molecule has 1 aromatic rings. The summed E-state index contributed by atoms with van der Waals surface area (Å²) in [5.41, 5.74) is 5.15. The Labute approximate surface area is 515 Å². The molecule has 1 aliphatic carbocycles. The van der Waals surface area contributed by atoms with Crippen molar-refractivity contribution in [3.63, 3.8) is 0 Å². The van der Waals surface area contributed by atoms with E-state index in [0.717, 1.165) is 18.4 Å². The van der Waals surface area contributed by atoms with Crippen molar-refractivity contribution < 1.29 is 67.7 Å². The summed E-state index contributed by atoms with van der Waals surface area (Å²) in [5.74, 6) is -14.9. The normalized spacial score (nSPS) is 22.3. The van der Waals surface area contributed by atoms with Gasteiger partial charge in [-0.15, -0.1) is 0 Å². The molecule has 87 heavy (non-hydrogen) atoms. The predicted molar refractivity (Wildman–Crippen MR) is 328 cm³/mol. The van der Waals surface area contributed by atoms with E-state index in [0.29, 0.717) is 64.2 Å². The molecule has 0 unspecified atom stereocenters. The third-order valence-electron chi connectivity index (χ3n) is 18.5. The SMILES string of the molecule is CC[C@H](Cc1ccccc1)C(=O)N[C@H](C(=O)C[C@@H](CO)C(=O)N[C@H](CCC(N)=O)C(=O)C[C@@H](C(=O)N[C@H](C(=O)C[C@@H](CO)C(=O)N[C@H]1C(=O)C[C@@H](C)C(=O)NC2(CCCCCC2)C(=O)N[C@@H]([C@@H](C)CC)C(=O)N[C@H]1C)[C@@H](C)CC)[C@@H](C)CC)[C@@H](C)CC. The largest absolute Gasteiger partial charge is 0.396 e. The lowest BCUT2D eigenvalue weighted by atomic mass is 9.83. The molecular formula is C65H104N8O14. The molecule has 2 aliphatic rings. The van der Waals surface area contributed by atoms with Crippen LogP contribution in [0.15, 0.2) is 30.3 Å². The highest BCUT2D eigenvalue weighted by Gasteiger charge is 2.45. The molecule has 1 aromatic carbocycles. The first-order chi connectivity index (χ1) is 41.1. The standard InChI is InChI=1S/C65H104N8O14/c1-12-37(6)47(34-49(76)48(26-27-53(66)80)68-60(83)45(35-74)32-51(78)54(38(7)13-2)69-59(82)44(16-5)31-43-24-20-19-21-25-43)62(85)70-55(39(8)14-3)52(79)33-46(36-75)61(84)71-57-42(11)67-63(86)56(40(9)15-4)72-64(87)65(28-22-17-18-23-29-65)73-58(81)41(10)30-50(57)77/h19-21,24-25,37-42,44-48,54-57,74-75H,12-18,22-23,26-36H2,1-11H3,(H2,66,80)(H,67,86)(H,68,83)(H,69,82)(H,70,85)(H,71,84)(H,72,87)(H,73,81)/t37-,38-,39-,40-,41+,42-,44+,45-,46-,47+,48+,54-,55-,56-,57+/m0/s1. The summed E-state index contributed by atoms with van der Waals surface area (Å²) in [5, 5.41) is 40.9. The summed E-state index contributed by atoms with van der Waals surface area (Å²) in [6, 6.07) is 2.16. The topological polar surface area (TPSA) is 356 Å². The van der Waals surface area contributed by atoms with E-state index in [2.05, 4.69) is 37.2 Å². The average Bonchev–Trinajstić information content (AvgIpc) is 2.55. The summed E-state index contributed by atoms with van der Waals surface area (Å²) >= 11 is 0. The number of hydrogen-bond acceptors (Lipinski definition) is 14. The summed E-state index contributed by atoms with van der Waals surface area (Å²) in [6.07, 6.45) is 3.75. The summed E-state index contributed by atoms with van der Waals surface area (Å²) in [4.78, 5) is 168. The minimum Gasteiger partial charge on any atom is -0.396 e. The molecular weight excluding hydrogens is 1120 g/mol. The van der Waals surface area contributed by atoms with Gasteiger partial charge in [0.05, 0.1) is 49.2 Å². The lowest BCUT2D eigenvalue weighted by Crippen LogP contribution is -2.64. The quantitative estimate of drug-likeness (QED) is 0.0473. The number of rotatable bonds is 33. The van der Waals surface area contributed by atoms with Gasteiger partial charge in [0.1, 0.15) is 17.6 Å². The Kier molecular flexibility index (Phi) is 31.6. The summed E-state index contributed by atoms with van der Waals surface area (Å²) in [6.45, 7) is 17.5. The van der Waals surface area contributed by atoms with Gasteiger partial charge in [-0.25, -0.2) is 0 Å². The van der Waals surface area contributed by atoms with E-state index in [1.165, 1.54) is 13.8 Å². The maximum atomic E-state index is 14.5. The number of primary amides is 1. The van der Waals surface area contributed by atoms with Gasteiger partial charge in [-0.1, -0.05) is 151 Å². The average molecular weight is 1220 g/mol. The first-order valence-electron chi connectivity index (χ1n) is 32.0. The second kappa shape index (κ2) is 36.8. The maximum absolute atomic E-state index is 14.5. The fraction of sp³-hybridized carbons (Fsp3) is 0.723. The van der Waals surface area contributed by atoms with Crippen LogP contribution in [-0.4, -0.2) is 136 Å². The number of carbonyl (C=O) groups excluding carboxylic acids is 12. The second-order valence-corrected chi connectivity index (χ2v) is 25.0. The summed E-state index contributed by atoms with van der Waals surface area (Å²) < 4.78 is 0. The van der Waals surface area contributed by atoms with Crippen LogP contribution in [0.4, 0.5) is 0 Å². The molecule has 11 N–H and O–H groups in total. The van der Waals surface area contributed by atoms with Crippen molar-refractivity contribution in [2.45, 2.75) is 234 Å². The number of Topliss-reactive ketones (excluding diaryl/α,β-unsaturated/α-hetero) is 4. The Balaban J connectivity index is 1.86. The minimum absolute atomic E-state index is 0.284. The van der Waals surface area contributed by atoms with Crippen molar-refractivity contribution in [3.05, 3.63) is 35.9 Å². The zero-order chi connectivity index (χ0) is 65.3. The highest BCUT2D eigenvalue weighted by Crippen LogP contribution is 2.30. The van der Waals surface area contributed by atoms with Crippen molar-refractivity contribution in [2.75, 3.05) is 13.2 Å². The van der Waals surface area contributed by atoms with Crippen molar-refractivity contribution in [3.8, 4) is 0 Å². The monoisotopic (exact) mass is 1220 g/mol. The van der Waals surface area contributed by atoms with Crippen LogP contribution >= 0.6 is 0 Å². The van der Waals surface area contributed by atoms with Gasteiger partial charge in [-0.05, 0) is 68.3 Å². The Morgan fingerprint density at radius 3 is 1.66 bits per heavy atom. The van der Waals surface area contributed by atoms with Crippen LogP contribution in [0, 0.1) is 53.3 Å². The van der Waals surface area contributed by atoms with E-state index < -0.39 is 187 Å². The molecule has 0 radical (unpaired) electrons.